The van der Waals surface area contributed by atoms with Crippen LogP contribution in [-0.2, 0) is 4.74 Å². The number of aromatic nitrogens is 4. The molecular formula is C18H21N7O4. The van der Waals surface area contributed by atoms with Crippen LogP contribution in [0.3, 0.4) is 0 Å². The van der Waals surface area contributed by atoms with E-state index in [1.165, 1.54) is 34.9 Å². The molecule has 0 spiro atoms. The molecule has 3 aromatic rings. The number of carbonyl (C=O) groups excluding carboxylic acids is 2. The molecule has 0 saturated carbocycles. The topological polar surface area (TPSA) is 148 Å². The Morgan fingerprint density at radius 1 is 1.34 bits per heavy atom. The minimum atomic E-state index is -0.729. The second kappa shape index (κ2) is 7.26. The summed E-state index contributed by atoms with van der Waals surface area (Å²) >= 11 is 0. The first-order valence-electron chi connectivity index (χ1n) is 8.67. The summed E-state index contributed by atoms with van der Waals surface area (Å²) in [4.78, 5) is 44.4. The summed E-state index contributed by atoms with van der Waals surface area (Å²) in [6.07, 6.45) is 2.12. The molecule has 29 heavy (non-hydrogen) atoms. The summed E-state index contributed by atoms with van der Waals surface area (Å²) in [7, 11) is 1.49. The van der Waals surface area contributed by atoms with Gasteiger partial charge in [-0.2, -0.15) is 9.61 Å². The third-order valence-electron chi connectivity index (χ3n) is 3.81. The highest BCUT2D eigenvalue weighted by Crippen LogP contribution is 2.24. The van der Waals surface area contributed by atoms with Crippen LogP contribution in [0, 0.1) is 0 Å². The summed E-state index contributed by atoms with van der Waals surface area (Å²) in [5, 5.41) is 6.99. The number of fused-ring (bicyclic) bond motifs is 1. The zero-order valence-electron chi connectivity index (χ0n) is 16.4. The number of carbonyl (C=O) groups is 2. The molecule has 0 unspecified atom stereocenters. The van der Waals surface area contributed by atoms with Gasteiger partial charge < -0.3 is 20.8 Å². The van der Waals surface area contributed by atoms with E-state index in [9.17, 15) is 14.4 Å². The van der Waals surface area contributed by atoms with Crippen LogP contribution < -0.4 is 21.5 Å². The zero-order chi connectivity index (χ0) is 21.3. The Hall–Kier alpha value is -3.89. The number of amides is 2. The van der Waals surface area contributed by atoms with Crippen molar-refractivity contribution in [1.29, 1.82) is 0 Å². The maximum Gasteiger partial charge on any atom is 0.415 e. The Balaban J connectivity index is 2.12. The highest BCUT2D eigenvalue weighted by atomic mass is 16.6. The quantitative estimate of drug-likeness (QED) is 0.604. The highest BCUT2D eigenvalue weighted by molar-refractivity contribution is 5.99. The number of ether oxygens (including phenoxy) is 1. The Morgan fingerprint density at radius 3 is 2.69 bits per heavy atom. The second-order valence-electron chi connectivity index (χ2n) is 7.23. The molecule has 0 radical (unpaired) electrons. The van der Waals surface area contributed by atoms with E-state index in [0.717, 1.165) is 0 Å². The molecule has 0 atom stereocenters. The predicted octanol–water partition coefficient (Wildman–Crippen LogP) is 1.63. The Bertz CT molecular complexity index is 1140. The summed E-state index contributed by atoms with van der Waals surface area (Å²) in [6.45, 7) is 5.23. The number of rotatable bonds is 4. The lowest BCUT2D eigenvalue weighted by molar-refractivity contribution is 0.0587. The molecule has 0 aromatic carbocycles. The van der Waals surface area contributed by atoms with E-state index in [1.807, 2.05) is 0 Å². The van der Waals surface area contributed by atoms with E-state index in [4.69, 9.17) is 10.5 Å². The van der Waals surface area contributed by atoms with Crippen molar-refractivity contribution >= 4 is 35.0 Å². The fraction of sp³-hybridized carbons (Fsp3) is 0.278. The van der Waals surface area contributed by atoms with Crippen molar-refractivity contribution in [3.63, 3.8) is 0 Å². The molecule has 0 aliphatic rings. The zero-order valence-corrected chi connectivity index (χ0v) is 16.4. The fourth-order valence-electron chi connectivity index (χ4n) is 2.51. The van der Waals surface area contributed by atoms with Crippen molar-refractivity contribution in [3.05, 3.63) is 46.5 Å². The highest BCUT2D eigenvalue weighted by Gasteiger charge is 2.24. The third-order valence-corrected chi connectivity index (χ3v) is 3.81. The largest absolute Gasteiger partial charge is 0.443 e. The average Bonchev–Trinajstić information content (AvgIpc) is 3.05. The molecule has 3 aromatic heterocycles. The molecule has 0 bridgehead atoms. The van der Waals surface area contributed by atoms with E-state index in [0.29, 0.717) is 0 Å². The normalized spacial score (nSPS) is 11.3. The van der Waals surface area contributed by atoms with Crippen LogP contribution in [0.15, 0.2) is 35.4 Å². The summed E-state index contributed by atoms with van der Waals surface area (Å²) < 4.78 is 6.69. The number of nitrogens with zero attached hydrogens (tertiary/aromatic N) is 4. The number of pyridine rings is 1. The van der Waals surface area contributed by atoms with Gasteiger partial charge in [-0.25, -0.2) is 9.78 Å². The van der Waals surface area contributed by atoms with Gasteiger partial charge in [0.1, 0.15) is 28.5 Å². The first-order chi connectivity index (χ1) is 13.6. The first kappa shape index (κ1) is 19.9. The van der Waals surface area contributed by atoms with E-state index in [-0.39, 0.29) is 34.1 Å². The lowest BCUT2D eigenvalue weighted by atomic mass is 10.2. The number of hydrogen-bond donors (Lipinski definition) is 3. The van der Waals surface area contributed by atoms with Crippen LogP contribution in [0.1, 0.15) is 31.1 Å². The smallest absolute Gasteiger partial charge is 0.415 e. The van der Waals surface area contributed by atoms with Gasteiger partial charge in [0, 0.05) is 19.3 Å². The molecule has 0 aliphatic heterocycles. The van der Waals surface area contributed by atoms with Crippen molar-refractivity contribution in [1.82, 2.24) is 19.6 Å². The number of aromatic amines is 1. The molecule has 2 amide bonds. The Labute approximate surface area is 165 Å². The van der Waals surface area contributed by atoms with Crippen molar-refractivity contribution < 1.29 is 14.3 Å². The van der Waals surface area contributed by atoms with Crippen LogP contribution in [0.5, 0.6) is 0 Å². The maximum absolute atomic E-state index is 12.5. The van der Waals surface area contributed by atoms with E-state index < -0.39 is 17.6 Å². The summed E-state index contributed by atoms with van der Waals surface area (Å²) in [5.41, 5.74) is 4.76. The molecular weight excluding hydrogens is 378 g/mol. The molecule has 0 saturated heterocycles. The molecule has 3 heterocycles. The van der Waals surface area contributed by atoms with Gasteiger partial charge in [-0.3, -0.25) is 14.5 Å². The van der Waals surface area contributed by atoms with Gasteiger partial charge in [0.2, 0.25) is 0 Å². The predicted molar refractivity (Wildman–Crippen MR) is 106 cm³/mol. The van der Waals surface area contributed by atoms with E-state index in [1.54, 1.807) is 32.9 Å². The SMILES string of the molecule is CN(C(=O)OC(C)(C)C)c1cc(Nc2ccc[nH]c2=O)nc2c(C(N)=O)cnn12. The van der Waals surface area contributed by atoms with E-state index >= 15 is 0 Å². The van der Waals surface area contributed by atoms with Crippen LogP contribution >= 0.6 is 0 Å². The number of hydrogen-bond acceptors (Lipinski definition) is 7. The number of H-pyrrole nitrogens is 1. The van der Waals surface area contributed by atoms with Gasteiger partial charge in [0.25, 0.3) is 11.5 Å². The number of anilines is 3. The van der Waals surface area contributed by atoms with Gasteiger partial charge in [0.15, 0.2) is 5.65 Å². The monoisotopic (exact) mass is 399 g/mol. The maximum atomic E-state index is 12.5. The van der Waals surface area contributed by atoms with Crippen molar-refractivity contribution in [2.75, 3.05) is 17.3 Å². The first-order valence-corrected chi connectivity index (χ1v) is 8.67. The van der Waals surface area contributed by atoms with Crippen molar-refractivity contribution in [3.8, 4) is 0 Å². The van der Waals surface area contributed by atoms with Gasteiger partial charge >= 0.3 is 6.09 Å². The minimum Gasteiger partial charge on any atom is -0.443 e. The molecule has 11 heteroatoms. The van der Waals surface area contributed by atoms with Gasteiger partial charge in [-0.1, -0.05) is 0 Å². The summed E-state index contributed by atoms with van der Waals surface area (Å²) in [5.74, 6) is -0.262. The van der Waals surface area contributed by atoms with Crippen LogP contribution in [-0.4, -0.2) is 44.2 Å². The minimum absolute atomic E-state index is 0.0643. The van der Waals surface area contributed by atoms with E-state index in [2.05, 4.69) is 20.4 Å². The van der Waals surface area contributed by atoms with Gasteiger partial charge in [-0.05, 0) is 32.9 Å². The van der Waals surface area contributed by atoms with Crippen molar-refractivity contribution in [2.45, 2.75) is 26.4 Å². The average molecular weight is 399 g/mol. The lowest BCUT2D eigenvalue weighted by Gasteiger charge is -2.25. The standard InChI is InChI=1S/C18H21N7O4/c1-18(2,3)29-17(28)24(4)13-8-12(22-11-6-5-7-20-16(11)27)23-15-10(14(19)26)9-21-25(13)15/h5-9H,1-4H3,(H2,19,26)(H,20,27)(H,22,23). The van der Waals surface area contributed by atoms with Crippen LogP contribution in [0.4, 0.5) is 22.1 Å². The fourth-order valence-corrected chi connectivity index (χ4v) is 2.51. The summed E-state index contributed by atoms with van der Waals surface area (Å²) in [6, 6.07) is 4.71. The molecule has 152 valence electrons. The molecule has 11 nitrogen and oxygen atoms in total. The van der Waals surface area contributed by atoms with Gasteiger partial charge in [-0.15, -0.1) is 0 Å². The lowest BCUT2D eigenvalue weighted by Crippen LogP contribution is -2.35. The molecule has 3 rings (SSSR count). The van der Waals surface area contributed by atoms with Crippen LogP contribution in [0.2, 0.25) is 0 Å². The Kier molecular flexibility index (Phi) is 4.97. The number of nitrogens with two attached hydrogens (primary N) is 1. The molecule has 4 N–H and O–H groups in total. The number of nitrogens with one attached hydrogen (secondary N) is 2. The second-order valence-corrected chi connectivity index (χ2v) is 7.23. The molecule has 0 aliphatic carbocycles. The third kappa shape index (κ3) is 4.18. The van der Waals surface area contributed by atoms with Crippen molar-refractivity contribution in [2.24, 2.45) is 5.73 Å². The van der Waals surface area contributed by atoms with Crippen LogP contribution in [0.25, 0.3) is 5.65 Å². The number of primary amides is 1. The molecule has 0 fully saturated rings. The van der Waals surface area contributed by atoms with Gasteiger partial charge in [0.05, 0.1) is 6.20 Å². The Morgan fingerprint density at radius 2 is 2.07 bits per heavy atom.